The number of aromatic nitrogens is 2. The minimum Gasteiger partial charge on any atom is -0.491 e. The number of likely N-dealkylation sites (N-methyl/N-ethyl adjacent to an activating group) is 1. The lowest BCUT2D eigenvalue weighted by Crippen LogP contribution is -2.33. The first-order valence-corrected chi connectivity index (χ1v) is 8.40. The highest BCUT2D eigenvalue weighted by Gasteiger charge is 2.11. The van der Waals surface area contributed by atoms with E-state index < -0.39 is 6.10 Å². The molecule has 136 valence electrons. The van der Waals surface area contributed by atoms with E-state index in [4.69, 9.17) is 4.74 Å². The van der Waals surface area contributed by atoms with Gasteiger partial charge in [0.1, 0.15) is 18.5 Å². The maximum absolute atomic E-state index is 10.2. The molecule has 0 amide bonds. The Labute approximate surface area is 150 Å². The zero-order valence-electron chi connectivity index (χ0n) is 15.7. The molecule has 0 saturated heterocycles. The summed E-state index contributed by atoms with van der Waals surface area (Å²) in [5, 5.41) is 10.2. The Balaban J connectivity index is 1.80. The predicted octanol–water partition coefficient (Wildman–Crippen LogP) is 2.03. The zero-order chi connectivity index (χ0) is 18.4. The Hall–Kier alpha value is -2.18. The van der Waals surface area contributed by atoms with Crippen LogP contribution in [-0.2, 0) is 6.54 Å². The molecule has 6 nitrogen and oxygen atoms in total. The molecular weight excluding hydrogens is 316 g/mol. The van der Waals surface area contributed by atoms with Crippen molar-refractivity contribution in [3.05, 3.63) is 47.3 Å². The second kappa shape index (κ2) is 8.78. The van der Waals surface area contributed by atoms with Crippen molar-refractivity contribution >= 4 is 5.95 Å². The number of aliphatic hydroxyl groups excluding tert-OH is 1. The number of rotatable bonds is 8. The van der Waals surface area contributed by atoms with Gasteiger partial charge in [-0.2, -0.15) is 0 Å². The number of anilines is 1. The lowest BCUT2D eigenvalue weighted by atomic mass is 10.1. The Kier molecular flexibility index (Phi) is 6.73. The van der Waals surface area contributed by atoms with Gasteiger partial charge in [0.2, 0.25) is 5.95 Å². The van der Waals surface area contributed by atoms with Gasteiger partial charge in [0.05, 0.1) is 0 Å². The maximum atomic E-state index is 10.2. The van der Waals surface area contributed by atoms with E-state index in [0.717, 1.165) is 16.9 Å². The van der Waals surface area contributed by atoms with Crippen molar-refractivity contribution in [1.29, 1.82) is 0 Å². The van der Waals surface area contributed by atoms with Gasteiger partial charge in [0.25, 0.3) is 0 Å². The number of ether oxygens (including phenoxy) is 1. The summed E-state index contributed by atoms with van der Waals surface area (Å²) in [5.41, 5.74) is 3.29. The molecule has 6 heteroatoms. The fraction of sp³-hybridized carbons (Fsp3) is 0.474. The molecule has 1 unspecified atom stereocenters. The molecule has 1 atom stereocenters. The summed E-state index contributed by atoms with van der Waals surface area (Å²) in [5.74, 6) is 1.51. The van der Waals surface area contributed by atoms with E-state index in [2.05, 4.69) is 23.0 Å². The normalized spacial score (nSPS) is 12.3. The Morgan fingerprint density at radius 2 is 1.80 bits per heavy atom. The Bertz CT molecular complexity index is 674. The van der Waals surface area contributed by atoms with Crippen LogP contribution in [0.5, 0.6) is 5.75 Å². The largest absolute Gasteiger partial charge is 0.491 e. The molecule has 0 bridgehead atoms. The minimum absolute atomic E-state index is 0.268. The van der Waals surface area contributed by atoms with Crippen LogP contribution in [0.2, 0.25) is 0 Å². The van der Waals surface area contributed by atoms with Crippen molar-refractivity contribution < 1.29 is 9.84 Å². The van der Waals surface area contributed by atoms with E-state index in [-0.39, 0.29) is 6.61 Å². The van der Waals surface area contributed by atoms with E-state index in [1.165, 1.54) is 5.56 Å². The lowest BCUT2D eigenvalue weighted by Gasteiger charge is -2.21. The van der Waals surface area contributed by atoms with Crippen LogP contribution in [0.4, 0.5) is 5.95 Å². The topological polar surface area (TPSA) is 61.7 Å². The number of aliphatic hydroxyl groups is 1. The van der Waals surface area contributed by atoms with Crippen LogP contribution in [0.3, 0.4) is 0 Å². The van der Waals surface area contributed by atoms with Gasteiger partial charge in [0, 0.05) is 45.1 Å². The van der Waals surface area contributed by atoms with Crippen LogP contribution in [0.25, 0.3) is 0 Å². The van der Waals surface area contributed by atoms with Crippen LogP contribution in [0.15, 0.2) is 30.6 Å². The predicted molar refractivity (Wildman–Crippen MR) is 100 cm³/mol. The van der Waals surface area contributed by atoms with Crippen molar-refractivity contribution in [2.24, 2.45) is 0 Å². The molecule has 1 heterocycles. The Morgan fingerprint density at radius 3 is 2.40 bits per heavy atom. The molecule has 0 aliphatic rings. The maximum Gasteiger partial charge on any atom is 0.224 e. The standard InChI is InChI=1S/C19H28N4O2/c1-14-6-7-18(15(2)8-14)25-13-17(24)12-23(5)11-16-9-20-19(21-10-16)22(3)4/h6-10,17,24H,11-13H2,1-5H3. The van der Waals surface area contributed by atoms with Crippen LogP contribution in [0.1, 0.15) is 16.7 Å². The molecule has 1 aromatic heterocycles. The zero-order valence-corrected chi connectivity index (χ0v) is 15.7. The summed E-state index contributed by atoms with van der Waals surface area (Å²) in [6.07, 6.45) is 3.07. The van der Waals surface area contributed by atoms with E-state index >= 15 is 0 Å². The molecule has 2 rings (SSSR count). The number of aryl methyl sites for hydroxylation is 2. The molecule has 1 aromatic carbocycles. The fourth-order valence-corrected chi connectivity index (χ4v) is 2.60. The Morgan fingerprint density at radius 1 is 1.12 bits per heavy atom. The summed E-state index contributed by atoms with van der Waals surface area (Å²) in [7, 11) is 5.78. The van der Waals surface area contributed by atoms with Crippen molar-refractivity contribution in [3.63, 3.8) is 0 Å². The average Bonchev–Trinajstić information content (AvgIpc) is 2.54. The van der Waals surface area contributed by atoms with Crippen LogP contribution >= 0.6 is 0 Å². The summed E-state index contributed by atoms with van der Waals surface area (Å²) >= 11 is 0. The second-order valence-electron chi connectivity index (χ2n) is 6.72. The van der Waals surface area contributed by atoms with E-state index in [1.807, 2.05) is 62.4 Å². The fourth-order valence-electron chi connectivity index (χ4n) is 2.60. The summed E-state index contributed by atoms with van der Waals surface area (Å²) in [4.78, 5) is 12.5. The van der Waals surface area contributed by atoms with E-state index in [0.29, 0.717) is 19.0 Å². The third-order valence-corrected chi connectivity index (χ3v) is 3.83. The van der Waals surface area contributed by atoms with Crippen LogP contribution in [-0.4, -0.2) is 60.4 Å². The van der Waals surface area contributed by atoms with E-state index in [9.17, 15) is 5.11 Å². The molecule has 0 spiro atoms. The van der Waals surface area contributed by atoms with Gasteiger partial charge in [-0.1, -0.05) is 17.7 Å². The van der Waals surface area contributed by atoms with Gasteiger partial charge in [-0.05, 0) is 32.5 Å². The molecule has 0 fully saturated rings. The van der Waals surface area contributed by atoms with Crippen molar-refractivity contribution in [1.82, 2.24) is 14.9 Å². The van der Waals surface area contributed by atoms with Gasteiger partial charge >= 0.3 is 0 Å². The number of hydrogen-bond donors (Lipinski definition) is 1. The summed E-state index contributed by atoms with van der Waals surface area (Å²) < 4.78 is 5.74. The van der Waals surface area contributed by atoms with Crippen molar-refractivity contribution in [2.45, 2.75) is 26.5 Å². The molecule has 25 heavy (non-hydrogen) atoms. The SMILES string of the molecule is Cc1ccc(OCC(O)CN(C)Cc2cnc(N(C)C)nc2)c(C)c1. The van der Waals surface area contributed by atoms with Crippen molar-refractivity contribution in [3.8, 4) is 5.75 Å². The quantitative estimate of drug-likeness (QED) is 0.791. The molecule has 0 aliphatic heterocycles. The smallest absolute Gasteiger partial charge is 0.224 e. The highest BCUT2D eigenvalue weighted by atomic mass is 16.5. The van der Waals surface area contributed by atoms with Gasteiger partial charge in [0.15, 0.2) is 0 Å². The molecule has 0 radical (unpaired) electrons. The van der Waals surface area contributed by atoms with Crippen LogP contribution < -0.4 is 9.64 Å². The first-order valence-electron chi connectivity index (χ1n) is 8.40. The van der Waals surface area contributed by atoms with Crippen molar-refractivity contribution in [2.75, 3.05) is 39.2 Å². The number of nitrogens with zero attached hydrogens (tertiary/aromatic N) is 4. The van der Waals surface area contributed by atoms with E-state index in [1.54, 1.807) is 0 Å². The highest BCUT2D eigenvalue weighted by molar-refractivity contribution is 5.35. The lowest BCUT2D eigenvalue weighted by molar-refractivity contribution is 0.0741. The molecule has 0 aliphatic carbocycles. The molecular formula is C19H28N4O2. The average molecular weight is 344 g/mol. The van der Waals surface area contributed by atoms with Gasteiger partial charge in [-0.15, -0.1) is 0 Å². The third-order valence-electron chi connectivity index (χ3n) is 3.83. The summed E-state index contributed by atoms with van der Waals surface area (Å²) in [6, 6.07) is 6.04. The monoisotopic (exact) mass is 344 g/mol. The van der Waals surface area contributed by atoms with Gasteiger partial charge in [-0.3, -0.25) is 4.90 Å². The minimum atomic E-state index is -0.562. The van der Waals surface area contributed by atoms with Crippen LogP contribution in [0, 0.1) is 13.8 Å². The third kappa shape index (κ3) is 5.99. The first-order chi connectivity index (χ1) is 11.8. The second-order valence-corrected chi connectivity index (χ2v) is 6.72. The molecule has 0 saturated carbocycles. The highest BCUT2D eigenvalue weighted by Crippen LogP contribution is 2.18. The summed E-state index contributed by atoms with van der Waals surface area (Å²) in [6.45, 7) is 5.52. The molecule has 2 aromatic rings. The van der Waals surface area contributed by atoms with Gasteiger partial charge in [-0.25, -0.2) is 9.97 Å². The van der Waals surface area contributed by atoms with Gasteiger partial charge < -0.3 is 14.7 Å². The number of benzene rings is 1. The first kappa shape index (κ1) is 19.1. The number of hydrogen-bond acceptors (Lipinski definition) is 6. The molecule has 1 N–H and O–H groups in total.